The number of fused-ring (bicyclic) bond motifs is 1. The Morgan fingerprint density at radius 1 is 1.09 bits per heavy atom. The van der Waals surface area contributed by atoms with Gasteiger partial charge in [0.25, 0.3) is 5.91 Å². The Morgan fingerprint density at radius 3 is 2.75 bits per heavy atom. The smallest absolute Gasteiger partial charge is 0.265 e. The lowest BCUT2D eigenvalue weighted by Crippen LogP contribution is -2.41. The molecule has 0 aliphatic carbocycles. The van der Waals surface area contributed by atoms with Gasteiger partial charge in [-0.3, -0.25) is 10.2 Å². The van der Waals surface area contributed by atoms with Crippen LogP contribution >= 0.6 is 23.2 Å². The van der Waals surface area contributed by atoms with Crippen LogP contribution in [0.5, 0.6) is 5.75 Å². The molecule has 3 aromatic carbocycles. The summed E-state index contributed by atoms with van der Waals surface area (Å²) in [4.78, 5) is 12.7. The Kier molecular flexibility index (Phi) is 7.48. The van der Waals surface area contributed by atoms with Crippen LogP contribution in [0, 0.1) is 11.7 Å². The van der Waals surface area contributed by atoms with Gasteiger partial charge in [0.15, 0.2) is 0 Å². The number of halogens is 3. The molecular weight excluding hydrogens is 452 g/mol. The van der Waals surface area contributed by atoms with E-state index in [1.807, 2.05) is 41.4 Å². The zero-order valence-corrected chi connectivity index (χ0v) is 18.9. The number of amides is 1. The normalized spacial score (nSPS) is 16.4. The summed E-state index contributed by atoms with van der Waals surface area (Å²) in [5, 5.41) is 8.07. The number of carbonyl (C=O) groups excluding carboxylic acids is 1. The van der Waals surface area contributed by atoms with Crippen LogP contribution in [0.25, 0.3) is 10.8 Å². The minimum absolute atomic E-state index is 0.0823. The maximum absolute atomic E-state index is 13.4. The van der Waals surface area contributed by atoms with Gasteiger partial charge < -0.3 is 10.1 Å². The molecule has 1 fully saturated rings. The summed E-state index contributed by atoms with van der Waals surface area (Å²) in [5.74, 6) is 0.291. The van der Waals surface area contributed by atoms with E-state index >= 15 is 0 Å². The number of benzene rings is 3. The van der Waals surface area contributed by atoms with Crippen molar-refractivity contribution in [2.75, 3.05) is 32.8 Å². The Hall–Kier alpha value is -2.38. The van der Waals surface area contributed by atoms with Gasteiger partial charge in [-0.2, -0.15) is 0 Å². The molecule has 1 aliphatic rings. The summed E-state index contributed by atoms with van der Waals surface area (Å²) in [6.07, 6.45) is 0.993. The second-order valence-corrected chi connectivity index (χ2v) is 8.72. The Labute approximate surface area is 196 Å². The van der Waals surface area contributed by atoms with Gasteiger partial charge in [0.1, 0.15) is 18.2 Å². The van der Waals surface area contributed by atoms with E-state index in [9.17, 15) is 9.18 Å². The van der Waals surface area contributed by atoms with Crippen molar-refractivity contribution >= 4 is 39.9 Å². The molecule has 0 spiro atoms. The van der Waals surface area contributed by atoms with Gasteiger partial charge in [-0.25, -0.2) is 9.40 Å². The van der Waals surface area contributed by atoms with Crippen molar-refractivity contribution in [3.8, 4) is 5.75 Å². The van der Waals surface area contributed by atoms with Crippen LogP contribution in [0.1, 0.15) is 16.8 Å². The van der Waals surface area contributed by atoms with Gasteiger partial charge >= 0.3 is 0 Å². The van der Waals surface area contributed by atoms with E-state index in [1.165, 1.54) is 12.1 Å². The van der Waals surface area contributed by atoms with Crippen molar-refractivity contribution in [1.82, 2.24) is 15.8 Å². The zero-order chi connectivity index (χ0) is 22.5. The molecule has 1 heterocycles. The number of hydrogen-bond donors (Lipinski definition) is 2. The molecule has 2 N–H and O–H groups in total. The van der Waals surface area contributed by atoms with Crippen LogP contribution in [-0.2, 0) is 0 Å². The fraction of sp³-hybridized carbons (Fsp3) is 0.292. The predicted octanol–water partition coefficient (Wildman–Crippen LogP) is 4.92. The topological polar surface area (TPSA) is 53.6 Å². The Bertz CT molecular complexity index is 1110. The van der Waals surface area contributed by atoms with Crippen molar-refractivity contribution in [2.45, 2.75) is 6.42 Å². The highest BCUT2D eigenvalue weighted by Crippen LogP contribution is 2.22. The number of ether oxygens (including phenoxy) is 1. The first-order valence-electron chi connectivity index (χ1n) is 10.5. The van der Waals surface area contributed by atoms with Crippen molar-refractivity contribution in [1.29, 1.82) is 0 Å². The number of nitrogens with one attached hydrogen (secondary N) is 2. The fourth-order valence-electron chi connectivity index (χ4n) is 3.78. The first kappa shape index (κ1) is 22.8. The van der Waals surface area contributed by atoms with E-state index < -0.39 is 5.82 Å². The maximum Gasteiger partial charge on any atom is 0.265 e. The quantitative estimate of drug-likeness (QED) is 0.454. The highest BCUT2D eigenvalue weighted by atomic mass is 35.5. The van der Waals surface area contributed by atoms with Gasteiger partial charge in [0, 0.05) is 36.3 Å². The summed E-state index contributed by atoms with van der Waals surface area (Å²) in [7, 11) is 0. The summed E-state index contributed by atoms with van der Waals surface area (Å²) >= 11 is 11.7. The maximum atomic E-state index is 13.4. The van der Waals surface area contributed by atoms with Crippen LogP contribution in [0.15, 0.2) is 54.6 Å². The zero-order valence-electron chi connectivity index (χ0n) is 17.4. The molecule has 5 nitrogen and oxygen atoms in total. The lowest BCUT2D eigenvalue weighted by atomic mass is 10.1. The number of nitrogens with zero attached hydrogens (tertiary/aromatic N) is 1. The van der Waals surface area contributed by atoms with Crippen LogP contribution in [0.3, 0.4) is 0 Å². The van der Waals surface area contributed by atoms with Gasteiger partial charge in [-0.05, 0) is 66.1 Å². The predicted molar refractivity (Wildman–Crippen MR) is 126 cm³/mol. The molecule has 1 atom stereocenters. The van der Waals surface area contributed by atoms with Gasteiger partial charge in [0.05, 0.1) is 5.02 Å². The highest BCUT2D eigenvalue weighted by molar-refractivity contribution is 6.31. The van der Waals surface area contributed by atoms with Crippen LogP contribution < -0.4 is 15.5 Å². The lowest BCUT2D eigenvalue weighted by Gasteiger charge is -2.18. The molecule has 32 heavy (non-hydrogen) atoms. The molecule has 4 rings (SSSR count). The first-order chi connectivity index (χ1) is 15.5. The molecule has 1 unspecified atom stereocenters. The second kappa shape index (κ2) is 10.5. The number of carbonyl (C=O) groups is 1. The number of hydrazine groups is 1. The molecule has 0 bridgehead atoms. The van der Waals surface area contributed by atoms with Crippen LogP contribution in [0.2, 0.25) is 10.0 Å². The molecule has 0 radical (unpaired) electrons. The lowest BCUT2D eigenvalue weighted by molar-refractivity contribution is 0.0820. The first-order valence-corrected chi connectivity index (χ1v) is 11.3. The third kappa shape index (κ3) is 5.90. The van der Waals surface area contributed by atoms with Crippen molar-refractivity contribution < 1.29 is 13.9 Å². The molecule has 1 aliphatic heterocycles. The largest absolute Gasteiger partial charge is 0.492 e. The van der Waals surface area contributed by atoms with E-state index in [0.717, 1.165) is 36.8 Å². The van der Waals surface area contributed by atoms with Crippen LogP contribution in [0.4, 0.5) is 4.39 Å². The summed E-state index contributed by atoms with van der Waals surface area (Å²) in [5.41, 5.74) is 3.63. The standard InChI is InChI=1S/C24H24Cl2FN3O2/c25-20-4-3-17-11-19(2-1-18(17)12-20)24(31)29-30-9-7-16(15-30)14-28-8-10-32-21-5-6-22(26)23(27)13-21/h1-6,11-13,16,28H,7-10,14-15H2,(H,29,31). The fourth-order valence-corrected chi connectivity index (χ4v) is 4.08. The van der Waals surface area contributed by atoms with Gasteiger partial charge in [-0.1, -0.05) is 35.3 Å². The van der Waals surface area contributed by atoms with E-state index in [4.69, 9.17) is 27.9 Å². The molecule has 0 saturated carbocycles. The summed E-state index contributed by atoms with van der Waals surface area (Å²) < 4.78 is 18.9. The summed E-state index contributed by atoms with van der Waals surface area (Å²) in [6, 6.07) is 15.6. The minimum atomic E-state index is -0.488. The van der Waals surface area contributed by atoms with Gasteiger partial charge in [-0.15, -0.1) is 0 Å². The molecule has 3 aromatic rings. The van der Waals surface area contributed by atoms with E-state index in [2.05, 4.69) is 10.7 Å². The highest BCUT2D eigenvalue weighted by Gasteiger charge is 2.23. The molecule has 8 heteroatoms. The second-order valence-electron chi connectivity index (χ2n) is 7.88. The average molecular weight is 476 g/mol. The van der Waals surface area contributed by atoms with E-state index in [1.54, 1.807) is 6.07 Å². The van der Waals surface area contributed by atoms with Crippen molar-refractivity contribution in [3.05, 3.63) is 76.0 Å². The SMILES string of the molecule is O=C(NN1CCC(CNCCOc2ccc(Cl)c(F)c2)C1)c1ccc2cc(Cl)ccc2c1. The van der Waals surface area contributed by atoms with E-state index in [0.29, 0.717) is 35.4 Å². The number of rotatable bonds is 8. The minimum Gasteiger partial charge on any atom is -0.492 e. The Balaban J connectivity index is 1.18. The average Bonchev–Trinajstić information content (AvgIpc) is 3.22. The van der Waals surface area contributed by atoms with Crippen LogP contribution in [-0.4, -0.2) is 43.7 Å². The number of hydrogen-bond acceptors (Lipinski definition) is 4. The molecule has 168 valence electrons. The van der Waals surface area contributed by atoms with Crippen molar-refractivity contribution in [2.24, 2.45) is 5.92 Å². The third-order valence-electron chi connectivity index (χ3n) is 5.48. The third-order valence-corrected chi connectivity index (χ3v) is 6.02. The molecular formula is C24H24Cl2FN3O2. The Morgan fingerprint density at radius 2 is 1.91 bits per heavy atom. The summed E-state index contributed by atoms with van der Waals surface area (Å²) in [6.45, 7) is 3.49. The molecule has 1 saturated heterocycles. The van der Waals surface area contributed by atoms with Crippen molar-refractivity contribution in [3.63, 3.8) is 0 Å². The monoisotopic (exact) mass is 475 g/mol. The van der Waals surface area contributed by atoms with Gasteiger partial charge in [0.2, 0.25) is 0 Å². The molecule has 0 aromatic heterocycles. The van der Waals surface area contributed by atoms with E-state index in [-0.39, 0.29) is 10.9 Å². The molecule has 1 amide bonds.